The fourth-order valence-corrected chi connectivity index (χ4v) is 7.56. The van der Waals surface area contributed by atoms with Gasteiger partial charge in [-0.05, 0) is 116 Å². The topological polar surface area (TPSA) is 78.9 Å². The summed E-state index contributed by atoms with van der Waals surface area (Å²) in [6.07, 6.45) is 74.0. The van der Waals surface area contributed by atoms with Gasteiger partial charge in [0.25, 0.3) is 0 Å². The number of esters is 3. The zero-order valence-electron chi connectivity index (χ0n) is 44.3. The van der Waals surface area contributed by atoms with Gasteiger partial charge in [-0.2, -0.15) is 0 Å². The summed E-state index contributed by atoms with van der Waals surface area (Å²) in [5.74, 6) is -0.977. The van der Waals surface area contributed by atoms with Gasteiger partial charge in [0.2, 0.25) is 0 Å². The van der Waals surface area contributed by atoms with Gasteiger partial charge >= 0.3 is 17.9 Å². The van der Waals surface area contributed by atoms with E-state index in [2.05, 4.69) is 118 Å². The summed E-state index contributed by atoms with van der Waals surface area (Å²) in [7, 11) is 0. The first-order valence-corrected chi connectivity index (χ1v) is 28.2. The van der Waals surface area contributed by atoms with Crippen molar-refractivity contribution in [2.24, 2.45) is 0 Å². The van der Waals surface area contributed by atoms with E-state index in [1.807, 2.05) is 0 Å². The number of carbonyl (C=O) groups is 3. The van der Waals surface area contributed by atoms with Crippen molar-refractivity contribution in [3.63, 3.8) is 0 Å². The Balaban J connectivity index is 4.50. The van der Waals surface area contributed by atoms with Crippen molar-refractivity contribution in [1.29, 1.82) is 0 Å². The van der Waals surface area contributed by atoms with Gasteiger partial charge in [0.1, 0.15) is 13.2 Å². The van der Waals surface area contributed by atoms with Crippen LogP contribution in [0.2, 0.25) is 0 Å². The Morgan fingerprint density at radius 1 is 0.309 bits per heavy atom. The van der Waals surface area contributed by atoms with E-state index in [-0.39, 0.29) is 37.5 Å². The van der Waals surface area contributed by atoms with Crippen LogP contribution in [0, 0.1) is 0 Å². The average Bonchev–Trinajstić information content (AvgIpc) is 3.34. The van der Waals surface area contributed by atoms with E-state index in [1.54, 1.807) is 0 Å². The highest BCUT2D eigenvalue weighted by Crippen LogP contribution is 2.14. The predicted molar refractivity (Wildman–Crippen MR) is 293 cm³/mol. The van der Waals surface area contributed by atoms with E-state index in [0.717, 1.165) is 103 Å². The van der Waals surface area contributed by atoms with E-state index >= 15 is 0 Å². The van der Waals surface area contributed by atoms with Crippen molar-refractivity contribution in [1.82, 2.24) is 0 Å². The van der Waals surface area contributed by atoms with Crippen LogP contribution in [0.15, 0.2) is 97.2 Å². The molecule has 0 aliphatic heterocycles. The molecule has 0 amide bonds. The molecule has 6 heteroatoms. The van der Waals surface area contributed by atoms with E-state index in [4.69, 9.17) is 14.2 Å². The molecule has 0 radical (unpaired) electrons. The van der Waals surface area contributed by atoms with Crippen LogP contribution in [-0.2, 0) is 28.6 Å². The standard InChI is InChI=1S/C62H104O6/c1-4-7-10-13-16-19-22-25-28-31-34-37-40-43-46-49-52-55-61(64)67-58-59(57-66-60(63)54-51-48-45-42-39-36-33-30-27-24-21-18-15-12-9-6-3)68-62(65)56-53-50-47-44-41-38-35-32-29-26-23-20-17-14-11-8-5-2/h7,10,16-17,19-20,25-26,28-30,33-34,37,43,46,59H,4-6,8-9,11-15,18,21-24,27,31-32,35-36,38-42,44-45,47-58H2,1-3H3/b10-7-,19-16-,20-17-,28-25-,29-26-,33-30-,37-34-,46-43-. The molecule has 0 aromatic carbocycles. The SMILES string of the molecule is CC/C=C\C/C=C\C/C=C\C/C=C\C/C=C\CCCC(=O)OCC(COC(=O)CCCCCCC/C=C\CCCCCCCCC)OC(=O)CCCCCCCCC/C=C\C/C=C\CCCCC. The third-order valence-corrected chi connectivity index (χ3v) is 11.8. The molecule has 1 atom stereocenters. The zero-order chi connectivity index (χ0) is 49.3. The molecule has 6 nitrogen and oxygen atoms in total. The Kier molecular flexibility index (Phi) is 52.9. The molecule has 388 valence electrons. The van der Waals surface area contributed by atoms with Gasteiger partial charge in [0, 0.05) is 19.3 Å². The zero-order valence-corrected chi connectivity index (χ0v) is 44.3. The second kappa shape index (κ2) is 55.9. The van der Waals surface area contributed by atoms with Gasteiger partial charge in [-0.3, -0.25) is 14.4 Å². The first kappa shape index (κ1) is 64.3. The van der Waals surface area contributed by atoms with Crippen molar-refractivity contribution < 1.29 is 28.6 Å². The maximum Gasteiger partial charge on any atom is 0.306 e. The van der Waals surface area contributed by atoms with Crippen LogP contribution in [0.1, 0.15) is 258 Å². The van der Waals surface area contributed by atoms with Gasteiger partial charge in [0.05, 0.1) is 0 Å². The Hall–Kier alpha value is -3.67. The summed E-state index contributed by atoms with van der Waals surface area (Å²) in [6, 6.07) is 0. The molecule has 0 aromatic heterocycles. The third-order valence-electron chi connectivity index (χ3n) is 11.8. The number of rotatable bonds is 50. The van der Waals surface area contributed by atoms with Crippen LogP contribution >= 0.6 is 0 Å². The first-order valence-electron chi connectivity index (χ1n) is 28.2. The maximum absolute atomic E-state index is 12.8. The number of hydrogen-bond acceptors (Lipinski definition) is 6. The molecular formula is C62H104O6. The number of hydrogen-bond donors (Lipinski definition) is 0. The summed E-state index contributed by atoms with van der Waals surface area (Å²) in [5, 5.41) is 0. The first-order chi connectivity index (χ1) is 33.5. The third kappa shape index (κ3) is 53.3. The largest absolute Gasteiger partial charge is 0.462 e. The molecule has 1 unspecified atom stereocenters. The second-order valence-corrected chi connectivity index (χ2v) is 18.5. The van der Waals surface area contributed by atoms with Crippen LogP contribution in [0.4, 0.5) is 0 Å². The van der Waals surface area contributed by atoms with Crippen molar-refractivity contribution in [3.8, 4) is 0 Å². The Morgan fingerprint density at radius 2 is 0.588 bits per heavy atom. The number of allylic oxidation sites excluding steroid dienone is 16. The Labute approximate surface area is 419 Å². The van der Waals surface area contributed by atoms with Crippen molar-refractivity contribution in [2.75, 3.05) is 13.2 Å². The smallest absolute Gasteiger partial charge is 0.306 e. The summed E-state index contributed by atoms with van der Waals surface area (Å²) >= 11 is 0. The highest BCUT2D eigenvalue weighted by atomic mass is 16.6. The number of unbranched alkanes of at least 4 members (excludes halogenated alkanes) is 23. The summed E-state index contributed by atoms with van der Waals surface area (Å²) in [5.41, 5.74) is 0. The summed E-state index contributed by atoms with van der Waals surface area (Å²) in [6.45, 7) is 6.44. The number of carbonyl (C=O) groups excluding carboxylic acids is 3. The average molecular weight is 946 g/mol. The van der Waals surface area contributed by atoms with Gasteiger partial charge in [-0.1, -0.05) is 221 Å². The lowest BCUT2D eigenvalue weighted by atomic mass is 10.1. The fourth-order valence-electron chi connectivity index (χ4n) is 7.56. The molecule has 0 spiro atoms. The quantitative estimate of drug-likeness (QED) is 0.0262. The van der Waals surface area contributed by atoms with Crippen LogP contribution < -0.4 is 0 Å². The summed E-state index contributed by atoms with van der Waals surface area (Å²) in [4.78, 5) is 38.1. The van der Waals surface area contributed by atoms with Crippen LogP contribution in [0.25, 0.3) is 0 Å². The lowest BCUT2D eigenvalue weighted by Crippen LogP contribution is -2.30. The lowest BCUT2D eigenvalue weighted by Gasteiger charge is -2.18. The van der Waals surface area contributed by atoms with Crippen molar-refractivity contribution in [2.45, 2.75) is 264 Å². The van der Waals surface area contributed by atoms with E-state index in [1.165, 1.54) is 109 Å². The molecule has 0 saturated carbocycles. The highest BCUT2D eigenvalue weighted by Gasteiger charge is 2.19. The fraction of sp³-hybridized carbons (Fsp3) is 0.694. The van der Waals surface area contributed by atoms with Gasteiger partial charge in [-0.15, -0.1) is 0 Å². The van der Waals surface area contributed by atoms with Crippen LogP contribution in [0.5, 0.6) is 0 Å². The predicted octanol–water partition coefficient (Wildman–Crippen LogP) is 18.9. The van der Waals surface area contributed by atoms with E-state index in [9.17, 15) is 14.4 Å². The molecule has 0 fully saturated rings. The van der Waals surface area contributed by atoms with Gasteiger partial charge < -0.3 is 14.2 Å². The Bertz CT molecular complexity index is 1360. The molecule has 0 aromatic rings. The minimum Gasteiger partial charge on any atom is -0.462 e. The molecule has 0 bridgehead atoms. The normalized spacial score (nSPS) is 12.8. The second-order valence-electron chi connectivity index (χ2n) is 18.5. The van der Waals surface area contributed by atoms with E-state index in [0.29, 0.717) is 19.3 Å². The lowest BCUT2D eigenvalue weighted by molar-refractivity contribution is -0.167. The van der Waals surface area contributed by atoms with Crippen LogP contribution in [-0.4, -0.2) is 37.2 Å². The molecule has 0 rings (SSSR count). The summed E-state index contributed by atoms with van der Waals surface area (Å²) < 4.78 is 16.8. The number of ether oxygens (including phenoxy) is 3. The maximum atomic E-state index is 12.8. The molecular weight excluding hydrogens is 841 g/mol. The highest BCUT2D eigenvalue weighted by molar-refractivity contribution is 5.71. The molecule has 0 saturated heterocycles. The van der Waals surface area contributed by atoms with Gasteiger partial charge in [0.15, 0.2) is 6.10 Å². The van der Waals surface area contributed by atoms with Gasteiger partial charge in [-0.25, -0.2) is 0 Å². The molecule has 0 heterocycles. The minimum absolute atomic E-state index is 0.103. The molecule has 0 N–H and O–H groups in total. The Morgan fingerprint density at radius 3 is 1.00 bits per heavy atom. The van der Waals surface area contributed by atoms with Crippen LogP contribution in [0.3, 0.4) is 0 Å². The molecule has 68 heavy (non-hydrogen) atoms. The monoisotopic (exact) mass is 945 g/mol. The minimum atomic E-state index is -0.809. The van der Waals surface area contributed by atoms with E-state index < -0.39 is 6.10 Å². The van der Waals surface area contributed by atoms with Crippen molar-refractivity contribution >= 4 is 17.9 Å². The molecule has 0 aliphatic carbocycles. The van der Waals surface area contributed by atoms with Crippen molar-refractivity contribution in [3.05, 3.63) is 97.2 Å². The molecule has 0 aliphatic rings.